The van der Waals surface area contributed by atoms with Crippen molar-refractivity contribution in [3.8, 4) is 5.75 Å². The Morgan fingerprint density at radius 2 is 2.29 bits per heavy atom. The van der Waals surface area contributed by atoms with E-state index in [9.17, 15) is 25.1 Å². The molecule has 1 heterocycles. The fraction of sp³-hybridized carbons (Fsp3) is 0.500. The van der Waals surface area contributed by atoms with Crippen LogP contribution < -0.4 is 0 Å². The number of likely N-dealkylation sites (tertiary alicyclic amines) is 1. The summed E-state index contributed by atoms with van der Waals surface area (Å²) in [6.45, 7) is 2.25. The number of carbonyl (C=O) groups excluding carboxylic acids is 1. The van der Waals surface area contributed by atoms with Gasteiger partial charge in [0.15, 0.2) is 5.75 Å². The van der Waals surface area contributed by atoms with Crippen molar-refractivity contribution in [3.63, 3.8) is 0 Å². The summed E-state index contributed by atoms with van der Waals surface area (Å²) in [5.41, 5.74) is -0.302. The highest BCUT2D eigenvalue weighted by molar-refractivity contribution is 5.95. The van der Waals surface area contributed by atoms with Crippen LogP contribution in [0.15, 0.2) is 18.2 Å². The van der Waals surface area contributed by atoms with Crippen molar-refractivity contribution in [2.24, 2.45) is 0 Å². The van der Waals surface area contributed by atoms with Gasteiger partial charge in [0.2, 0.25) is 0 Å². The SMILES string of the molecule is C[C@@H](O)C[C@@H]1CCCN1C(=O)c1ccc(O)c([N+](=O)[O-])c1. The molecule has 0 saturated carbocycles. The van der Waals surface area contributed by atoms with Crippen LogP contribution in [0.25, 0.3) is 0 Å². The van der Waals surface area contributed by atoms with Crippen LogP contribution in [0, 0.1) is 10.1 Å². The molecule has 1 aromatic rings. The van der Waals surface area contributed by atoms with E-state index in [0.717, 1.165) is 25.0 Å². The quantitative estimate of drug-likeness (QED) is 0.649. The van der Waals surface area contributed by atoms with Crippen molar-refractivity contribution in [2.75, 3.05) is 6.54 Å². The predicted octanol–water partition coefficient (Wildman–Crippen LogP) is 1.68. The third-order valence-electron chi connectivity index (χ3n) is 3.67. The Morgan fingerprint density at radius 1 is 1.57 bits per heavy atom. The average Bonchev–Trinajstić information content (AvgIpc) is 2.85. The summed E-state index contributed by atoms with van der Waals surface area (Å²) in [5, 5.41) is 29.7. The van der Waals surface area contributed by atoms with Crippen LogP contribution in [0.3, 0.4) is 0 Å². The minimum absolute atomic E-state index is 0.0506. The fourth-order valence-corrected chi connectivity index (χ4v) is 2.71. The van der Waals surface area contributed by atoms with Gasteiger partial charge in [-0.3, -0.25) is 14.9 Å². The lowest BCUT2D eigenvalue weighted by molar-refractivity contribution is -0.385. The predicted molar refractivity (Wildman–Crippen MR) is 75.1 cm³/mol. The second-order valence-electron chi connectivity index (χ2n) is 5.34. The van der Waals surface area contributed by atoms with Crippen LogP contribution in [0.5, 0.6) is 5.75 Å². The molecule has 1 aliphatic rings. The van der Waals surface area contributed by atoms with Crippen molar-refractivity contribution in [1.29, 1.82) is 0 Å². The molecule has 21 heavy (non-hydrogen) atoms. The summed E-state index contributed by atoms with van der Waals surface area (Å²) in [4.78, 5) is 24.2. The van der Waals surface area contributed by atoms with Gasteiger partial charge in [-0.05, 0) is 38.3 Å². The molecule has 2 atom stereocenters. The largest absolute Gasteiger partial charge is 0.502 e. The summed E-state index contributed by atoms with van der Waals surface area (Å²) >= 11 is 0. The summed E-state index contributed by atoms with van der Waals surface area (Å²) in [6, 6.07) is 3.58. The Bertz CT molecular complexity index is 558. The number of hydrogen-bond donors (Lipinski definition) is 2. The maximum Gasteiger partial charge on any atom is 0.311 e. The molecule has 7 nitrogen and oxygen atoms in total. The molecule has 2 rings (SSSR count). The zero-order chi connectivity index (χ0) is 15.6. The van der Waals surface area contributed by atoms with E-state index in [2.05, 4.69) is 0 Å². The first-order valence-electron chi connectivity index (χ1n) is 6.86. The van der Waals surface area contributed by atoms with Crippen LogP contribution in [0.2, 0.25) is 0 Å². The lowest BCUT2D eigenvalue weighted by Crippen LogP contribution is -2.37. The van der Waals surface area contributed by atoms with Crippen molar-refractivity contribution in [3.05, 3.63) is 33.9 Å². The van der Waals surface area contributed by atoms with Gasteiger partial charge >= 0.3 is 5.69 Å². The Hall–Kier alpha value is -2.15. The third-order valence-corrected chi connectivity index (χ3v) is 3.67. The molecule has 0 spiro atoms. The zero-order valence-electron chi connectivity index (χ0n) is 11.7. The van der Waals surface area contributed by atoms with Crippen molar-refractivity contribution < 1.29 is 19.9 Å². The number of benzene rings is 1. The topological polar surface area (TPSA) is 104 Å². The van der Waals surface area contributed by atoms with Crippen molar-refractivity contribution in [2.45, 2.75) is 38.3 Å². The normalized spacial score (nSPS) is 19.5. The number of amides is 1. The van der Waals surface area contributed by atoms with E-state index in [0.29, 0.717) is 13.0 Å². The van der Waals surface area contributed by atoms with Crippen molar-refractivity contribution >= 4 is 11.6 Å². The molecule has 0 radical (unpaired) electrons. The fourth-order valence-electron chi connectivity index (χ4n) is 2.71. The first-order valence-corrected chi connectivity index (χ1v) is 6.86. The number of aliphatic hydroxyl groups excluding tert-OH is 1. The molecule has 1 aliphatic heterocycles. The molecule has 114 valence electrons. The number of nitrogens with zero attached hydrogens (tertiary/aromatic N) is 2. The number of carbonyl (C=O) groups is 1. The van der Waals surface area contributed by atoms with Crippen LogP contribution in [0.4, 0.5) is 5.69 Å². The molecule has 7 heteroatoms. The van der Waals surface area contributed by atoms with Gasteiger partial charge in [-0.15, -0.1) is 0 Å². The number of nitro groups is 1. The highest BCUT2D eigenvalue weighted by Gasteiger charge is 2.31. The highest BCUT2D eigenvalue weighted by atomic mass is 16.6. The lowest BCUT2D eigenvalue weighted by atomic mass is 10.1. The van der Waals surface area contributed by atoms with E-state index in [-0.39, 0.29) is 17.5 Å². The van der Waals surface area contributed by atoms with Gasteiger partial charge in [-0.1, -0.05) is 0 Å². The summed E-state index contributed by atoms with van der Waals surface area (Å²) in [7, 11) is 0. The maximum absolute atomic E-state index is 12.5. The summed E-state index contributed by atoms with van der Waals surface area (Å²) in [5.74, 6) is -0.764. The Balaban J connectivity index is 2.23. The molecule has 0 unspecified atom stereocenters. The molecule has 1 aromatic carbocycles. The number of phenols is 1. The van der Waals surface area contributed by atoms with E-state index in [1.807, 2.05) is 0 Å². The lowest BCUT2D eigenvalue weighted by Gasteiger charge is -2.25. The Kier molecular flexibility index (Phi) is 4.42. The molecule has 0 bridgehead atoms. The van der Waals surface area contributed by atoms with Crippen molar-refractivity contribution in [1.82, 2.24) is 4.90 Å². The van der Waals surface area contributed by atoms with Gasteiger partial charge in [-0.25, -0.2) is 0 Å². The highest BCUT2D eigenvalue weighted by Crippen LogP contribution is 2.29. The van der Waals surface area contributed by atoms with E-state index in [1.165, 1.54) is 6.07 Å². The molecule has 1 saturated heterocycles. The number of aliphatic hydroxyl groups is 1. The second kappa shape index (κ2) is 6.09. The first kappa shape index (κ1) is 15.2. The standard InChI is InChI=1S/C14H18N2O5/c1-9(17)7-11-3-2-6-15(11)14(19)10-4-5-13(18)12(8-10)16(20)21/h4-5,8-9,11,17-18H,2-3,6-7H2,1H3/t9-,11+/m1/s1. The van der Waals surface area contributed by atoms with Gasteiger partial charge in [0.1, 0.15) is 0 Å². The third kappa shape index (κ3) is 3.30. The molecule has 1 fully saturated rings. The van der Waals surface area contributed by atoms with Gasteiger partial charge in [0, 0.05) is 24.2 Å². The summed E-state index contributed by atoms with van der Waals surface area (Å²) < 4.78 is 0. The van der Waals surface area contributed by atoms with E-state index < -0.39 is 22.5 Å². The molecular formula is C14H18N2O5. The molecule has 2 N–H and O–H groups in total. The smallest absolute Gasteiger partial charge is 0.311 e. The van der Waals surface area contributed by atoms with E-state index in [4.69, 9.17) is 0 Å². The molecule has 1 amide bonds. The Morgan fingerprint density at radius 3 is 2.90 bits per heavy atom. The molecule has 0 aliphatic carbocycles. The van der Waals surface area contributed by atoms with Gasteiger partial charge < -0.3 is 15.1 Å². The minimum Gasteiger partial charge on any atom is -0.502 e. The monoisotopic (exact) mass is 294 g/mol. The number of rotatable bonds is 4. The minimum atomic E-state index is -0.719. The zero-order valence-corrected chi connectivity index (χ0v) is 11.7. The van der Waals surface area contributed by atoms with Crippen LogP contribution in [0.1, 0.15) is 36.5 Å². The number of hydrogen-bond acceptors (Lipinski definition) is 5. The first-order chi connectivity index (χ1) is 9.90. The number of aromatic hydroxyl groups is 1. The Labute approximate surface area is 122 Å². The average molecular weight is 294 g/mol. The number of phenolic OH excluding ortho intramolecular Hbond substituents is 1. The van der Waals surface area contributed by atoms with E-state index >= 15 is 0 Å². The second-order valence-corrected chi connectivity index (χ2v) is 5.34. The van der Waals surface area contributed by atoms with Crippen LogP contribution in [-0.4, -0.2) is 44.6 Å². The molecular weight excluding hydrogens is 276 g/mol. The van der Waals surface area contributed by atoms with Gasteiger partial charge in [0.25, 0.3) is 5.91 Å². The van der Waals surface area contributed by atoms with Crippen LogP contribution in [-0.2, 0) is 0 Å². The van der Waals surface area contributed by atoms with Crippen LogP contribution >= 0.6 is 0 Å². The molecule has 0 aromatic heterocycles. The summed E-state index contributed by atoms with van der Waals surface area (Å²) in [6.07, 6.45) is 1.66. The van der Waals surface area contributed by atoms with Gasteiger partial charge in [-0.2, -0.15) is 0 Å². The number of nitro benzene ring substituents is 1. The van der Waals surface area contributed by atoms with E-state index in [1.54, 1.807) is 11.8 Å². The maximum atomic E-state index is 12.5. The van der Waals surface area contributed by atoms with Gasteiger partial charge in [0.05, 0.1) is 11.0 Å².